The number of benzene rings is 1. The number of hydrogen-bond acceptors (Lipinski definition) is 3. The van der Waals surface area contributed by atoms with Crippen LogP contribution in [0.5, 0.6) is 0 Å². The number of hydrogen-bond donors (Lipinski definition) is 1. The molecule has 0 aliphatic rings. The molecule has 0 bridgehead atoms. The zero-order chi connectivity index (χ0) is 17.8. The summed E-state index contributed by atoms with van der Waals surface area (Å²) in [7, 11) is 0. The first-order chi connectivity index (χ1) is 12.0. The molecule has 1 atom stereocenters. The highest BCUT2D eigenvalue weighted by Gasteiger charge is 2.20. The van der Waals surface area contributed by atoms with Gasteiger partial charge in [-0.05, 0) is 40.0 Å². The highest BCUT2D eigenvalue weighted by Crippen LogP contribution is 2.18. The fourth-order valence-electron chi connectivity index (χ4n) is 2.49. The highest BCUT2D eigenvalue weighted by molar-refractivity contribution is 9.10. The van der Waals surface area contributed by atoms with Gasteiger partial charge in [0, 0.05) is 16.9 Å². The van der Waals surface area contributed by atoms with E-state index in [-0.39, 0.29) is 11.9 Å². The second-order valence-electron chi connectivity index (χ2n) is 5.60. The predicted molar refractivity (Wildman–Crippen MR) is 103 cm³/mol. The third-order valence-electron chi connectivity index (χ3n) is 3.74. The maximum atomic E-state index is 12.5. The zero-order valence-electron chi connectivity index (χ0n) is 13.6. The van der Waals surface area contributed by atoms with Gasteiger partial charge in [-0.1, -0.05) is 35.0 Å². The summed E-state index contributed by atoms with van der Waals surface area (Å²) in [5, 5.41) is 11.4. The summed E-state index contributed by atoms with van der Waals surface area (Å²) in [5.74, 6) is -0.110. The van der Waals surface area contributed by atoms with E-state index in [1.54, 1.807) is 28.0 Å². The van der Waals surface area contributed by atoms with Crippen LogP contribution < -0.4 is 5.32 Å². The average Bonchev–Trinajstić information content (AvgIpc) is 3.20. The van der Waals surface area contributed by atoms with E-state index in [0.29, 0.717) is 18.7 Å². The molecule has 0 saturated carbocycles. The third kappa shape index (κ3) is 4.58. The normalized spacial score (nSPS) is 12.1. The lowest BCUT2D eigenvalue weighted by Crippen LogP contribution is -2.25. The van der Waals surface area contributed by atoms with Gasteiger partial charge in [-0.3, -0.25) is 14.2 Å². The van der Waals surface area contributed by atoms with E-state index in [0.717, 1.165) is 14.5 Å². The number of carbonyl (C=O) groups is 1. The van der Waals surface area contributed by atoms with Gasteiger partial charge < -0.3 is 5.32 Å². The third-order valence-corrected chi connectivity index (χ3v) is 4.68. The van der Waals surface area contributed by atoms with E-state index >= 15 is 0 Å². The Bertz CT molecular complexity index is 856. The van der Waals surface area contributed by atoms with Gasteiger partial charge in [0.2, 0.25) is 5.91 Å². The molecule has 8 heteroatoms. The van der Waals surface area contributed by atoms with Crippen LogP contribution in [0.1, 0.15) is 24.9 Å². The molecule has 2 heterocycles. The van der Waals surface area contributed by atoms with Crippen LogP contribution in [-0.4, -0.2) is 25.5 Å². The Morgan fingerprint density at radius 2 is 1.88 bits per heavy atom. The van der Waals surface area contributed by atoms with Crippen molar-refractivity contribution >= 4 is 43.5 Å². The van der Waals surface area contributed by atoms with E-state index in [1.165, 1.54) is 0 Å². The second-order valence-corrected chi connectivity index (χ2v) is 7.44. The lowest BCUT2D eigenvalue weighted by molar-refractivity contribution is -0.119. The van der Waals surface area contributed by atoms with Gasteiger partial charge in [0.15, 0.2) is 0 Å². The SMILES string of the molecule is CCC(C(=O)Nc1cnn(Cc2ccc(Br)cc2)c1)n1cc(Br)cn1. The van der Waals surface area contributed by atoms with Crippen LogP contribution in [0.25, 0.3) is 0 Å². The molecular formula is C17H17Br2N5O. The van der Waals surface area contributed by atoms with Gasteiger partial charge >= 0.3 is 0 Å². The fourth-order valence-corrected chi connectivity index (χ4v) is 3.06. The smallest absolute Gasteiger partial charge is 0.249 e. The molecule has 2 aromatic heterocycles. The van der Waals surface area contributed by atoms with E-state index in [9.17, 15) is 4.79 Å². The monoisotopic (exact) mass is 465 g/mol. The Morgan fingerprint density at radius 3 is 2.52 bits per heavy atom. The van der Waals surface area contributed by atoms with Gasteiger partial charge in [-0.15, -0.1) is 0 Å². The van der Waals surface area contributed by atoms with Crippen molar-refractivity contribution in [3.05, 3.63) is 63.6 Å². The summed E-state index contributed by atoms with van der Waals surface area (Å²) in [5.41, 5.74) is 1.81. The van der Waals surface area contributed by atoms with Crippen molar-refractivity contribution in [2.45, 2.75) is 25.9 Å². The Hall–Kier alpha value is -1.93. The minimum atomic E-state index is -0.360. The molecule has 3 rings (SSSR count). The number of nitrogens with one attached hydrogen (secondary N) is 1. The van der Waals surface area contributed by atoms with E-state index < -0.39 is 0 Å². The first-order valence-electron chi connectivity index (χ1n) is 7.82. The highest BCUT2D eigenvalue weighted by atomic mass is 79.9. The Balaban J connectivity index is 1.65. The number of rotatable bonds is 6. The summed E-state index contributed by atoms with van der Waals surface area (Å²) >= 11 is 6.78. The number of anilines is 1. The number of aromatic nitrogens is 4. The van der Waals surface area contributed by atoms with Gasteiger partial charge in [-0.2, -0.15) is 10.2 Å². The number of halogens is 2. The molecule has 0 saturated heterocycles. The van der Waals surface area contributed by atoms with E-state index in [1.807, 2.05) is 37.4 Å². The van der Waals surface area contributed by atoms with Crippen LogP contribution in [0.15, 0.2) is 58.0 Å². The van der Waals surface area contributed by atoms with Crippen molar-refractivity contribution < 1.29 is 4.79 Å². The maximum absolute atomic E-state index is 12.5. The molecule has 1 aromatic carbocycles. The van der Waals surface area contributed by atoms with Crippen LogP contribution in [0.3, 0.4) is 0 Å². The van der Waals surface area contributed by atoms with Crippen LogP contribution in [0.4, 0.5) is 5.69 Å². The van der Waals surface area contributed by atoms with Crippen molar-refractivity contribution in [3.8, 4) is 0 Å². The van der Waals surface area contributed by atoms with Crippen molar-refractivity contribution in [1.82, 2.24) is 19.6 Å². The van der Waals surface area contributed by atoms with Crippen molar-refractivity contribution in [2.24, 2.45) is 0 Å². The molecule has 0 fully saturated rings. The molecule has 3 aromatic rings. The standard InChI is InChI=1S/C17H17Br2N5O/c1-2-16(24-10-14(19)7-21-24)17(25)22-15-8-20-23(11-15)9-12-3-5-13(18)6-4-12/h3-8,10-11,16H,2,9H2,1H3,(H,22,25). The molecule has 0 aliphatic carbocycles. The van der Waals surface area contributed by atoms with Crippen LogP contribution >= 0.6 is 31.9 Å². The summed E-state index contributed by atoms with van der Waals surface area (Å²) in [4.78, 5) is 12.5. The Labute approximate surface area is 162 Å². The molecule has 1 unspecified atom stereocenters. The van der Waals surface area contributed by atoms with Crippen molar-refractivity contribution in [2.75, 3.05) is 5.32 Å². The summed E-state index contributed by atoms with van der Waals surface area (Å²) in [6.07, 6.45) is 7.60. The second kappa shape index (κ2) is 7.97. The van der Waals surface area contributed by atoms with Gasteiger partial charge in [-0.25, -0.2) is 0 Å². The Kier molecular flexibility index (Phi) is 5.70. The lowest BCUT2D eigenvalue weighted by Gasteiger charge is -2.14. The largest absolute Gasteiger partial charge is 0.322 e. The van der Waals surface area contributed by atoms with Gasteiger partial charge in [0.1, 0.15) is 6.04 Å². The fraction of sp³-hybridized carbons (Fsp3) is 0.235. The summed E-state index contributed by atoms with van der Waals surface area (Å²) in [6, 6.07) is 7.70. The van der Waals surface area contributed by atoms with Crippen LogP contribution in [0, 0.1) is 0 Å². The minimum Gasteiger partial charge on any atom is -0.322 e. The van der Waals surface area contributed by atoms with E-state index in [2.05, 4.69) is 47.4 Å². The van der Waals surface area contributed by atoms with Crippen molar-refractivity contribution in [1.29, 1.82) is 0 Å². The number of nitrogens with zero attached hydrogens (tertiary/aromatic N) is 4. The maximum Gasteiger partial charge on any atom is 0.249 e. The zero-order valence-corrected chi connectivity index (χ0v) is 16.7. The van der Waals surface area contributed by atoms with Crippen molar-refractivity contribution in [3.63, 3.8) is 0 Å². The molecule has 130 valence electrons. The first-order valence-corrected chi connectivity index (χ1v) is 9.41. The first kappa shape index (κ1) is 17.9. The molecule has 0 spiro atoms. The molecule has 1 amide bonds. The quantitative estimate of drug-likeness (QED) is 0.590. The molecule has 6 nitrogen and oxygen atoms in total. The lowest BCUT2D eigenvalue weighted by atomic mass is 10.2. The van der Waals surface area contributed by atoms with Gasteiger partial charge in [0.25, 0.3) is 0 Å². The molecular weight excluding hydrogens is 450 g/mol. The molecule has 0 aliphatic heterocycles. The number of amides is 1. The van der Waals surface area contributed by atoms with Crippen LogP contribution in [-0.2, 0) is 11.3 Å². The molecule has 1 N–H and O–H groups in total. The summed E-state index contributed by atoms with van der Waals surface area (Å²) in [6.45, 7) is 2.60. The average molecular weight is 467 g/mol. The minimum absolute atomic E-state index is 0.110. The summed E-state index contributed by atoms with van der Waals surface area (Å²) < 4.78 is 5.34. The molecule has 25 heavy (non-hydrogen) atoms. The van der Waals surface area contributed by atoms with Gasteiger partial charge in [0.05, 0.1) is 29.1 Å². The Morgan fingerprint density at radius 1 is 1.12 bits per heavy atom. The van der Waals surface area contributed by atoms with E-state index in [4.69, 9.17) is 0 Å². The molecule has 0 radical (unpaired) electrons. The van der Waals surface area contributed by atoms with Crippen LogP contribution in [0.2, 0.25) is 0 Å². The topological polar surface area (TPSA) is 64.7 Å². The number of carbonyl (C=O) groups excluding carboxylic acids is 1. The predicted octanol–water partition coefficient (Wildman–Crippen LogP) is 4.24.